The number of ether oxygens (including phenoxy) is 14. The smallest absolute Gasteiger partial charge is 0.268 e. The molecule has 0 amide bonds. The molecule has 6 aliphatic heterocycles. The number of hydrogen-bond acceptors (Lipinski definition) is 42. The topological polar surface area (TPSA) is 597 Å². The monoisotopic (exact) mass is 1930 g/mol. The summed E-state index contributed by atoms with van der Waals surface area (Å²) in [6, 6.07) is 0. The van der Waals surface area contributed by atoms with Crippen LogP contribution in [0.15, 0.2) is 0 Å². The maximum absolute atomic E-state index is 12.9. The molecule has 42 nitrogen and oxygen atoms in total. The largest absolute Gasteiger partial charge is 0.756 e. The van der Waals surface area contributed by atoms with Gasteiger partial charge in [-0.25, -0.2) is 0 Å². The summed E-state index contributed by atoms with van der Waals surface area (Å²) in [6.07, 6.45) is -5.19. The van der Waals surface area contributed by atoms with Gasteiger partial charge in [-0.1, -0.05) is 92.4 Å². The Morgan fingerprint density at radius 3 is 0.922 bits per heavy atom. The second kappa shape index (κ2) is 60.4. The van der Waals surface area contributed by atoms with Crippen molar-refractivity contribution in [1.29, 1.82) is 0 Å². The van der Waals surface area contributed by atoms with Crippen LogP contribution in [0, 0.1) is 29.6 Å². The second-order valence-electron chi connectivity index (χ2n) is 35.4. The number of phosphoric acid groups is 4. The van der Waals surface area contributed by atoms with Crippen LogP contribution in [0.25, 0.3) is 0 Å². The second-order valence-corrected chi connectivity index (χ2v) is 40.9. The summed E-state index contributed by atoms with van der Waals surface area (Å²) < 4.78 is 170. The molecule has 13 unspecified atom stereocenters. The molecule has 46 heteroatoms. The van der Waals surface area contributed by atoms with E-state index in [9.17, 15) is 98.2 Å². The van der Waals surface area contributed by atoms with Gasteiger partial charge in [-0.05, 0) is 99.3 Å². The van der Waals surface area contributed by atoms with Gasteiger partial charge < -0.3 is 168 Å². The number of ketones is 3. The molecule has 6 saturated heterocycles. The molecule has 6 rings (SSSR count). The van der Waals surface area contributed by atoms with E-state index in [-0.39, 0.29) is 158 Å². The first kappa shape index (κ1) is 117. The summed E-state index contributed by atoms with van der Waals surface area (Å²) in [5.41, 5.74) is -0.770. The van der Waals surface area contributed by atoms with E-state index < -0.39 is 200 Å². The number of hydrogen-bond donors (Lipinski definition) is 9. The van der Waals surface area contributed by atoms with Gasteiger partial charge in [0.15, 0.2) is 55.1 Å². The Hall–Kier alpha value is -1.47. The van der Waals surface area contributed by atoms with Crippen molar-refractivity contribution in [2.75, 3.05) is 119 Å². The number of carbonyl (C=O) groups excluding carboxylic acids is 3. The highest BCUT2D eigenvalue weighted by Crippen LogP contribution is 2.48. The van der Waals surface area contributed by atoms with E-state index in [0.717, 1.165) is 70.6 Å². The number of aliphatic hydroxyl groups excluding tert-OH is 9. The number of unbranched alkanes of at least 4 members (excludes halogenated alkanes) is 12. The summed E-state index contributed by atoms with van der Waals surface area (Å²) in [7, 11) is -19.7. The maximum Gasteiger partial charge on any atom is 0.268 e. The normalized spacial score (nSPS) is 31.9. The number of rotatable bonds is 66. The van der Waals surface area contributed by atoms with E-state index in [0.29, 0.717) is 51.7 Å². The van der Waals surface area contributed by atoms with Gasteiger partial charge in [0.2, 0.25) is 0 Å². The molecule has 128 heavy (non-hydrogen) atoms. The van der Waals surface area contributed by atoms with Crippen molar-refractivity contribution >= 4 is 48.6 Å². The van der Waals surface area contributed by atoms with Crippen molar-refractivity contribution in [3.05, 3.63) is 0 Å². The third-order valence-electron chi connectivity index (χ3n) is 22.3. The lowest BCUT2D eigenvalue weighted by Gasteiger charge is -2.41. The Morgan fingerprint density at radius 1 is 0.312 bits per heavy atom. The maximum atomic E-state index is 12.9. The fourth-order valence-corrected chi connectivity index (χ4v) is 18.3. The molecule has 6 fully saturated rings. The first-order valence-electron chi connectivity index (χ1n) is 45.2. The van der Waals surface area contributed by atoms with E-state index in [1.807, 2.05) is 48.5 Å². The summed E-state index contributed by atoms with van der Waals surface area (Å²) in [5, 5.41) is 88.7. The minimum Gasteiger partial charge on any atom is -0.756 e. The summed E-state index contributed by atoms with van der Waals surface area (Å²) in [6.45, 7) is 16.7. The van der Waals surface area contributed by atoms with Crippen molar-refractivity contribution in [2.24, 2.45) is 29.6 Å². The van der Waals surface area contributed by atoms with Crippen molar-refractivity contribution < 1.29 is 201 Å². The van der Waals surface area contributed by atoms with Gasteiger partial charge in [-0.2, -0.15) is 0 Å². The van der Waals surface area contributed by atoms with Gasteiger partial charge in [0, 0.05) is 101 Å². The van der Waals surface area contributed by atoms with Crippen molar-refractivity contribution in [1.82, 2.24) is 0 Å². The molecule has 754 valence electrons. The molecule has 0 aromatic rings. The van der Waals surface area contributed by atoms with Crippen LogP contribution in [0.5, 0.6) is 0 Å². The van der Waals surface area contributed by atoms with Gasteiger partial charge in [-0.3, -0.25) is 32.6 Å². The molecule has 6 heterocycles. The molecule has 28 atom stereocenters. The molecule has 0 aliphatic carbocycles. The van der Waals surface area contributed by atoms with E-state index in [4.69, 9.17) is 103 Å². The predicted octanol–water partition coefficient (Wildman–Crippen LogP) is 4.82. The Balaban J connectivity index is 0.000000564. The average Bonchev–Trinajstić information content (AvgIpc) is 1.42. The van der Waals surface area contributed by atoms with Crippen LogP contribution < -0.4 is 19.6 Å². The van der Waals surface area contributed by atoms with Crippen LogP contribution in [0.4, 0.5) is 0 Å². The van der Waals surface area contributed by atoms with Gasteiger partial charge in [0.25, 0.3) is 31.3 Å². The highest BCUT2D eigenvalue weighted by atomic mass is 31.2. The highest BCUT2D eigenvalue weighted by Gasteiger charge is 2.47. The average molecular weight is 1930 g/mol. The van der Waals surface area contributed by atoms with Crippen LogP contribution in [-0.4, -0.2) is 311 Å². The fraction of sp³-hybridized carbons (Fsp3) is 0.963. The Labute approximate surface area is 753 Å². The van der Waals surface area contributed by atoms with E-state index in [2.05, 4.69) is 0 Å². The summed E-state index contributed by atoms with van der Waals surface area (Å²) in [5.74, 6) is -2.09. The molecule has 0 saturated carbocycles. The lowest BCUT2D eigenvalue weighted by molar-refractivity contribution is -0.280. The first-order valence-corrected chi connectivity index (χ1v) is 51.0. The molecule has 0 aromatic heterocycles. The lowest BCUT2D eigenvalue weighted by atomic mass is 9.86. The van der Waals surface area contributed by atoms with Gasteiger partial charge in [-0.15, -0.1) is 0 Å². The quantitative estimate of drug-likeness (QED) is 0.0291. The molecule has 0 spiro atoms. The van der Waals surface area contributed by atoms with E-state index >= 15 is 0 Å². The third kappa shape index (κ3) is 45.9. The summed E-state index contributed by atoms with van der Waals surface area (Å²) in [4.78, 5) is 87.7. The SMILES string of the molecule is CC1[C@H](OCC(=O)CCCCCCCO[C@@H]2C[C@@H](OP(=O)([O-])OCCCOC(C)(C)C)C(CO)O2)OC(CO)[C@H](C)[C@@H]1O.CC1[C@H](OCC(=O)CCCCCCCO[C@@H]2C[C@@H](OP(=O)([O-])OCCCOC(C)(C)C)C(COP(=O)([O-])OCCCOP(=O)([O-])O[C@@H]3C[C@@H](OCCCCCCCC(=O)CO[C@@H]4OC(CO)[C@H](O)[C@H](O)C4C)OC3CO)O2)OC(CO)[C@H](C)[C@@H]1O. The number of phosphoric ester groups is 4. The van der Waals surface area contributed by atoms with E-state index in [1.165, 1.54) is 0 Å². The minimum absolute atomic E-state index is 0.0380. The molecule has 6 aliphatic rings. The number of carbonyl (C=O) groups is 3. The fourth-order valence-electron chi connectivity index (χ4n) is 14.6. The molecule has 0 aromatic carbocycles. The molecule has 0 radical (unpaired) electrons. The van der Waals surface area contributed by atoms with Crippen LogP contribution in [-0.2, 0) is 135 Å². The first-order chi connectivity index (χ1) is 60.4. The lowest BCUT2D eigenvalue weighted by Crippen LogP contribution is -2.55. The highest BCUT2D eigenvalue weighted by molar-refractivity contribution is 7.46. The number of Topliss-reactive ketones (excluding diaryl/α,β-unsaturated/α-hetero) is 3. The van der Waals surface area contributed by atoms with E-state index in [1.54, 1.807) is 27.7 Å². The van der Waals surface area contributed by atoms with Crippen LogP contribution in [0.3, 0.4) is 0 Å². The molecular formula is C82H150O42P4-4. The van der Waals surface area contributed by atoms with Crippen molar-refractivity contribution in [3.8, 4) is 0 Å². The number of aliphatic hydroxyl groups is 9. The molecule has 0 bridgehead atoms. The Morgan fingerprint density at radius 2 is 0.594 bits per heavy atom. The summed E-state index contributed by atoms with van der Waals surface area (Å²) >= 11 is 0. The van der Waals surface area contributed by atoms with Gasteiger partial charge in [0.05, 0.1) is 126 Å². The van der Waals surface area contributed by atoms with Crippen LogP contribution >= 0.6 is 31.3 Å². The standard InChI is InChI=1S/C53H99O29P3.C29H55O13P/c1-35-42(29-54)79-51(36(2)48(35)59)70-32-38(57)19-13-10-8-12-16-22-69-47-28-41(82-85(66,67)74-24-17-23-72-53(4,5)6)45(78-47)34-76-83(62,63)73-25-18-26-75-84(64,65)81-40-27-46(77-43(40)30-55)68-21-15-11-7-9-14-20-39(58)33-71-52-37(3)49(60)50(61)44(31-56)80-52;1-20-24(17-30)41-28(21(2)27(20)33)37-19-22(32)12-9-7-6-8-10-13-36-26-16-23(25(18-31)40-26)42-43(34,35)39-15-11-14-38-29(3,4)5/h35-37,40-52,54-56,59-61H,7-34H2,1-6H3,(H,62,63)(H,64,65)(H,66,67);20-21,23-28,30-31,33H,6-19H2,1-5H3,(H,34,35)/p-4/t35-,36?,37?,40+,41+,42?,43?,44?,45?,46-,47-,48-,49+,50-,51+,52+;20-,21?,23+,24?,25?,26-,27-,28+/m00/s1. The zero-order valence-electron chi connectivity index (χ0n) is 76.3. The predicted molar refractivity (Wildman–Crippen MR) is 445 cm³/mol. The molecule has 9 N–H and O–H groups in total. The van der Waals surface area contributed by atoms with Crippen LogP contribution in [0.2, 0.25) is 0 Å². The third-order valence-corrected chi connectivity index (χ3v) is 26.3. The zero-order valence-corrected chi connectivity index (χ0v) is 79.9. The Bertz CT molecular complexity index is 3250. The van der Waals surface area contributed by atoms with Gasteiger partial charge in [0.1, 0.15) is 50.3 Å². The van der Waals surface area contributed by atoms with Gasteiger partial charge >= 0.3 is 0 Å². The zero-order chi connectivity index (χ0) is 94.8. The van der Waals surface area contributed by atoms with Crippen molar-refractivity contribution in [3.63, 3.8) is 0 Å². The Kier molecular flexibility index (Phi) is 55.2. The minimum atomic E-state index is -5.11. The van der Waals surface area contributed by atoms with Crippen molar-refractivity contribution in [2.45, 2.75) is 359 Å². The molecular weight excluding hydrogens is 1780 g/mol. The van der Waals surface area contributed by atoms with Crippen LogP contribution in [0.1, 0.15) is 230 Å².